The molecule has 2 unspecified atom stereocenters. The first-order valence-corrected chi connectivity index (χ1v) is 6.57. The third-order valence-corrected chi connectivity index (χ3v) is 3.84. The monoisotopic (exact) mass is 226 g/mol. The average Bonchev–Trinajstić information content (AvgIpc) is 2.80. The maximum atomic E-state index is 11.9. The predicted octanol–water partition coefficient (Wildman–Crippen LogP) is 2.02. The van der Waals surface area contributed by atoms with Crippen LogP contribution < -0.4 is 5.32 Å². The highest BCUT2D eigenvalue weighted by Gasteiger charge is 2.25. The SMILES string of the molecule is CCN(C)C(=O)C(C)NC(C)C1CCCC1. The summed E-state index contributed by atoms with van der Waals surface area (Å²) >= 11 is 0. The highest BCUT2D eigenvalue weighted by atomic mass is 16.2. The molecule has 0 radical (unpaired) electrons. The Labute approximate surface area is 99.6 Å². The lowest BCUT2D eigenvalue weighted by Gasteiger charge is -2.26. The molecule has 0 aliphatic heterocycles. The standard InChI is InChI=1S/C13H26N2O/c1-5-15(4)13(16)11(3)14-10(2)12-8-6-7-9-12/h10-12,14H,5-9H2,1-4H3. The smallest absolute Gasteiger partial charge is 0.239 e. The molecule has 0 heterocycles. The molecule has 0 aromatic heterocycles. The molecule has 16 heavy (non-hydrogen) atoms. The average molecular weight is 226 g/mol. The number of nitrogens with zero attached hydrogens (tertiary/aromatic N) is 1. The van der Waals surface area contributed by atoms with Gasteiger partial charge in [0.2, 0.25) is 5.91 Å². The van der Waals surface area contributed by atoms with Gasteiger partial charge in [-0.2, -0.15) is 0 Å². The van der Waals surface area contributed by atoms with Crippen LogP contribution in [0.25, 0.3) is 0 Å². The Balaban J connectivity index is 2.37. The third-order valence-electron chi connectivity index (χ3n) is 3.84. The molecule has 1 aliphatic rings. The van der Waals surface area contributed by atoms with Crippen LogP contribution in [0, 0.1) is 5.92 Å². The van der Waals surface area contributed by atoms with Crippen LogP contribution in [0.15, 0.2) is 0 Å². The number of amides is 1. The molecule has 1 aliphatic carbocycles. The van der Waals surface area contributed by atoms with Crippen molar-refractivity contribution in [1.82, 2.24) is 10.2 Å². The first kappa shape index (κ1) is 13.5. The van der Waals surface area contributed by atoms with Gasteiger partial charge in [0.05, 0.1) is 6.04 Å². The molecule has 1 N–H and O–H groups in total. The lowest BCUT2D eigenvalue weighted by atomic mass is 9.99. The van der Waals surface area contributed by atoms with E-state index in [4.69, 9.17) is 0 Å². The van der Waals surface area contributed by atoms with E-state index in [1.807, 2.05) is 20.9 Å². The van der Waals surface area contributed by atoms with E-state index in [0.717, 1.165) is 12.5 Å². The summed E-state index contributed by atoms with van der Waals surface area (Å²) in [5.74, 6) is 0.967. The lowest BCUT2D eigenvalue weighted by molar-refractivity contribution is -0.131. The van der Waals surface area contributed by atoms with Crippen molar-refractivity contribution in [3.63, 3.8) is 0 Å². The number of nitrogens with one attached hydrogen (secondary N) is 1. The molecule has 1 amide bonds. The predicted molar refractivity (Wildman–Crippen MR) is 67.3 cm³/mol. The summed E-state index contributed by atoms with van der Waals surface area (Å²) < 4.78 is 0. The number of carbonyl (C=O) groups is 1. The normalized spacial score (nSPS) is 20.8. The second-order valence-electron chi connectivity index (χ2n) is 5.07. The molecule has 1 fully saturated rings. The Morgan fingerprint density at radius 1 is 1.38 bits per heavy atom. The second-order valence-corrected chi connectivity index (χ2v) is 5.07. The fourth-order valence-electron chi connectivity index (χ4n) is 2.55. The van der Waals surface area contributed by atoms with E-state index < -0.39 is 0 Å². The van der Waals surface area contributed by atoms with E-state index >= 15 is 0 Å². The Hall–Kier alpha value is -0.570. The van der Waals surface area contributed by atoms with Gasteiger partial charge in [0.1, 0.15) is 0 Å². The minimum atomic E-state index is -0.0550. The largest absolute Gasteiger partial charge is 0.345 e. The fourth-order valence-corrected chi connectivity index (χ4v) is 2.55. The van der Waals surface area contributed by atoms with Gasteiger partial charge in [-0.05, 0) is 39.5 Å². The van der Waals surface area contributed by atoms with Crippen LogP contribution in [0.5, 0.6) is 0 Å². The van der Waals surface area contributed by atoms with E-state index in [9.17, 15) is 4.79 Å². The second kappa shape index (κ2) is 6.24. The van der Waals surface area contributed by atoms with Crippen LogP contribution in [0.1, 0.15) is 46.5 Å². The Morgan fingerprint density at radius 2 is 1.94 bits per heavy atom. The number of carbonyl (C=O) groups excluding carboxylic acids is 1. The summed E-state index contributed by atoms with van der Waals surface area (Å²) in [6.45, 7) is 6.97. The number of hydrogen-bond acceptors (Lipinski definition) is 2. The fraction of sp³-hybridized carbons (Fsp3) is 0.923. The van der Waals surface area contributed by atoms with Crippen LogP contribution in [0.4, 0.5) is 0 Å². The molecule has 1 saturated carbocycles. The molecular weight excluding hydrogens is 200 g/mol. The highest BCUT2D eigenvalue weighted by molar-refractivity contribution is 5.81. The summed E-state index contributed by atoms with van der Waals surface area (Å²) in [6, 6.07) is 0.409. The van der Waals surface area contributed by atoms with Crippen LogP contribution in [-0.2, 0) is 4.79 Å². The first-order chi connectivity index (χ1) is 7.56. The maximum absolute atomic E-state index is 11.9. The van der Waals surface area contributed by atoms with Gasteiger partial charge in [-0.15, -0.1) is 0 Å². The molecule has 0 spiro atoms. The zero-order valence-corrected chi connectivity index (χ0v) is 11.1. The topological polar surface area (TPSA) is 32.3 Å². The van der Waals surface area contributed by atoms with E-state index in [1.54, 1.807) is 4.90 Å². The Kier molecular flexibility index (Phi) is 5.26. The van der Waals surface area contributed by atoms with Crippen LogP contribution in [0.3, 0.4) is 0 Å². The van der Waals surface area contributed by atoms with Crippen LogP contribution in [0.2, 0.25) is 0 Å². The van der Waals surface area contributed by atoms with Gasteiger partial charge in [0.15, 0.2) is 0 Å². The van der Waals surface area contributed by atoms with Crippen LogP contribution in [-0.4, -0.2) is 36.5 Å². The quantitative estimate of drug-likeness (QED) is 0.778. The van der Waals surface area contributed by atoms with Crippen molar-refractivity contribution in [2.75, 3.05) is 13.6 Å². The zero-order valence-electron chi connectivity index (χ0n) is 11.1. The van der Waals surface area contributed by atoms with Crippen molar-refractivity contribution in [3.8, 4) is 0 Å². The van der Waals surface area contributed by atoms with Gasteiger partial charge in [-0.3, -0.25) is 4.79 Å². The number of hydrogen-bond donors (Lipinski definition) is 1. The highest BCUT2D eigenvalue weighted by Crippen LogP contribution is 2.27. The van der Waals surface area contributed by atoms with Gasteiger partial charge < -0.3 is 10.2 Å². The van der Waals surface area contributed by atoms with Gasteiger partial charge >= 0.3 is 0 Å². The molecule has 0 aromatic carbocycles. The van der Waals surface area contributed by atoms with Crippen molar-refractivity contribution < 1.29 is 4.79 Å². The molecule has 94 valence electrons. The Bertz CT molecular complexity index is 224. The van der Waals surface area contributed by atoms with E-state index in [0.29, 0.717) is 6.04 Å². The van der Waals surface area contributed by atoms with Gasteiger partial charge in [-0.25, -0.2) is 0 Å². The summed E-state index contributed by atoms with van der Waals surface area (Å²) in [6.07, 6.45) is 5.35. The van der Waals surface area contributed by atoms with Crippen molar-refractivity contribution in [1.29, 1.82) is 0 Å². The molecular formula is C13H26N2O. The van der Waals surface area contributed by atoms with Gasteiger partial charge in [0.25, 0.3) is 0 Å². The minimum Gasteiger partial charge on any atom is -0.345 e. The maximum Gasteiger partial charge on any atom is 0.239 e. The van der Waals surface area contributed by atoms with Crippen LogP contribution >= 0.6 is 0 Å². The summed E-state index contributed by atoms with van der Waals surface area (Å²) in [4.78, 5) is 13.7. The number of likely N-dealkylation sites (N-methyl/N-ethyl adjacent to an activating group) is 1. The lowest BCUT2D eigenvalue weighted by Crippen LogP contribution is -2.48. The molecule has 3 nitrogen and oxygen atoms in total. The van der Waals surface area contributed by atoms with E-state index in [-0.39, 0.29) is 11.9 Å². The summed E-state index contributed by atoms with van der Waals surface area (Å²) in [5.41, 5.74) is 0. The van der Waals surface area contributed by atoms with Gasteiger partial charge in [-0.1, -0.05) is 12.8 Å². The third kappa shape index (κ3) is 3.48. The summed E-state index contributed by atoms with van der Waals surface area (Å²) in [7, 11) is 1.86. The van der Waals surface area contributed by atoms with E-state index in [1.165, 1.54) is 25.7 Å². The summed E-state index contributed by atoms with van der Waals surface area (Å²) in [5, 5.41) is 3.45. The number of rotatable bonds is 5. The first-order valence-electron chi connectivity index (χ1n) is 6.57. The molecule has 0 saturated heterocycles. The van der Waals surface area contributed by atoms with Crippen molar-refractivity contribution in [2.45, 2.75) is 58.5 Å². The van der Waals surface area contributed by atoms with Crippen molar-refractivity contribution in [3.05, 3.63) is 0 Å². The molecule has 0 bridgehead atoms. The van der Waals surface area contributed by atoms with Crippen molar-refractivity contribution in [2.24, 2.45) is 5.92 Å². The molecule has 1 rings (SSSR count). The van der Waals surface area contributed by atoms with E-state index in [2.05, 4.69) is 12.2 Å². The Morgan fingerprint density at radius 3 is 2.44 bits per heavy atom. The minimum absolute atomic E-state index is 0.0550. The molecule has 2 atom stereocenters. The van der Waals surface area contributed by atoms with Gasteiger partial charge in [0, 0.05) is 19.6 Å². The van der Waals surface area contributed by atoms with Crippen molar-refractivity contribution >= 4 is 5.91 Å². The zero-order chi connectivity index (χ0) is 12.1. The molecule has 0 aromatic rings. The molecule has 3 heteroatoms.